The molecule has 1 aromatic heterocycles. The van der Waals surface area contributed by atoms with Crippen LogP contribution in [0.2, 0.25) is 20.1 Å². The number of hydrogen-bond donors (Lipinski definition) is 0. The van der Waals surface area contributed by atoms with E-state index in [1.54, 1.807) is 0 Å². The monoisotopic (exact) mass is 776 g/mol. The first-order chi connectivity index (χ1) is 20.4. The number of aryl methyl sites for hydroxylation is 1. The van der Waals surface area contributed by atoms with Crippen LogP contribution in [0.3, 0.4) is 0 Å². The van der Waals surface area contributed by atoms with E-state index in [0.29, 0.717) is 20.1 Å². The van der Waals surface area contributed by atoms with E-state index in [4.69, 9.17) is 46.4 Å². The van der Waals surface area contributed by atoms with Gasteiger partial charge in [0.05, 0.1) is 42.2 Å². The van der Waals surface area contributed by atoms with Gasteiger partial charge in [0, 0.05) is 51.8 Å². The third kappa shape index (κ3) is 5.62. The van der Waals surface area contributed by atoms with Gasteiger partial charge in [0.1, 0.15) is 6.54 Å². The molecule has 1 aliphatic heterocycles. The molecule has 0 saturated carbocycles. The lowest BCUT2D eigenvalue weighted by Gasteiger charge is -2.36. The minimum atomic E-state index is 0. The third-order valence-corrected chi connectivity index (χ3v) is 10.1. The van der Waals surface area contributed by atoms with Gasteiger partial charge in [-0.25, -0.2) is 0 Å². The zero-order valence-electron chi connectivity index (χ0n) is 23.8. The molecule has 4 aromatic carbocycles. The molecule has 6 rings (SSSR count). The van der Waals surface area contributed by atoms with Crippen molar-refractivity contribution in [3.8, 4) is 0 Å². The molecule has 0 amide bonds. The maximum absolute atomic E-state index is 7.09. The van der Waals surface area contributed by atoms with Gasteiger partial charge < -0.3 is 21.9 Å². The Kier molecular flexibility index (Phi) is 10.4. The number of anilines is 2. The summed E-state index contributed by atoms with van der Waals surface area (Å²) in [4.78, 5) is 2.34. The average Bonchev–Trinajstić information content (AvgIpc) is 2.98. The van der Waals surface area contributed by atoms with E-state index in [0.717, 1.165) is 98.7 Å². The fourth-order valence-electron chi connectivity index (χ4n) is 6.13. The van der Waals surface area contributed by atoms with Gasteiger partial charge in [-0.2, -0.15) is 4.57 Å². The van der Waals surface area contributed by atoms with E-state index in [2.05, 4.69) is 63.5 Å². The van der Waals surface area contributed by atoms with Crippen molar-refractivity contribution < 1.29 is 21.5 Å². The van der Waals surface area contributed by atoms with Crippen LogP contribution < -0.4 is 26.4 Å². The van der Waals surface area contributed by atoms with Crippen molar-refractivity contribution in [1.29, 1.82) is 0 Å². The van der Waals surface area contributed by atoms with Crippen LogP contribution in [-0.2, 0) is 6.54 Å². The normalized spacial score (nSPS) is 12.3. The molecule has 2 heterocycles. The van der Waals surface area contributed by atoms with Gasteiger partial charge in [-0.15, -0.1) is 0 Å². The van der Waals surface area contributed by atoms with Crippen LogP contribution in [0.5, 0.6) is 0 Å². The number of halogens is 6. The van der Waals surface area contributed by atoms with E-state index in [-0.39, 0.29) is 17.0 Å². The fourth-order valence-corrected chi connectivity index (χ4v) is 7.98. The summed E-state index contributed by atoms with van der Waals surface area (Å²) < 4.78 is 3.19. The molecule has 0 radical (unpaired) electrons. The zero-order chi connectivity index (χ0) is 29.5. The van der Waals surface area contributed by atoms with Crippen molar-refractivity contribution >= 4 is 106 Å². The molecular formula is C35H30Br2Cl4N2. The van der Waals surface area contributed by atoms with Crippen LogP contribution in [0.1, 0.15) is 56.2 Å². The number of nitrogens with zero attached hydrogens (tertiary/aromatic N) is 2. The topological polar surface area (TPSA) is 7.12 Å². The highest BCUT2D eigenvalue weighted by molar-refractivity contribution is 9.15. The van der Waals surface area contributed by atoms with Gasteiger partial charge in [-0.1, -0.05) is 97.4 Å². The quantitative estimate of drug-likeness (QED) is 0.118. The van der Waals surface area contributed by atoms with Crippen LogP contribution in [0.15, 0.2) is 72.8 Å². The van der Waals surface area contributed by atoms with E-state index in [9.17, 15) is 0 Å². The van der Waals surface area contributed by atoms with Gasteiger partial charge in [-0.3, -0.25) is 0 Å². The number of fused-ring (bicyclic) bond motifs is 4. The zero-order valence-corrected chi connectivity index (χ0v) is 30.0. The smallest absolute Gasteiger partial charge is 0.215 e. The van der Waals surface area contributed by atoms with Crippen LogP contribution in [-0.4, -0.2) is 6.54 Å². The summed E-state index contributed by atoms with van der Waals surface area (Å²) in [5.41, 5.74) is 7.94. The summed E-state index contributed by atoms with van der Waals surface area (Å²) in [6.07, 6.45) is 4.22. The Morgan fingerprint density at radius 3 is 1.63 bits per heavy atom. The second-order valence-corrected chi connectivity index (χ2v) is 13.0. The molecule has 0 fully saturated rings. The minimum absolute atomic E-state index is 0. The molecule has 0 N–H and O–H groups in total. The molecular weight excluding hydrogens is 750 g/mol. The predicted molar refractivity (Wildman–Crippen MR) is 186 cm³/mol. The number of pyridine rings is 1. The van der Waals surface area contributed by atoms with Crippen molar-refractivity contribution in [2.75, 3.05) is 11.4 Å². The minimum Gasteiger partial charge on any atom is -1.00 e. The molecule has 1 aliphatic rings. The summed E-state index contributed by atoms with van der Waals surface area (Å²) in [6.45, 7) is 6.12. The molecule has 2 nitrogen and oxygen atoms in total. The van der Waals surface area contributed by atoms with Gasteiger partial charge in [0.2, 0.25) is 11.0 Å². The standard InChI is InChI=1S/C35H30BrCl4N2.BrH/c1-3-5-19-41-25-15-7-11-21(37)29(25)33(30-22(38)12-8-16-26(30)41)35(36)34-31-23(39)13-9-17-27(31)42(20-6-4-2)28-18-10-14-24(40)32(28)34;/h7-18H,3-6,19-20H2,1-2H3;1H/q+1;/p-1. The summed E-state index contributed by atoms with van der Waals surface area (Å²) >= 11 is 32.5. The largest absolute Gasteiger partial charge is 1.00 e. The molecule has 0 aliphatic carbocycles. The third-order valence-electron chi connectivity index (χ3n) is 8.04. The van der Waals surface area contributed by atoms with E-state index in [1.165, 1.54) is 0 Å². The molecule has 0 bridgehead atoms. The molecule has 0 atom stereocenters. The van der Waals surface area contributed by atoms with Crippen LogP contribution in [0.4, 0.5) is 11.4 Å². The Labute approximate surface area is 292 Å². The maximum Gasteiger partial charge on any atom is 0.215 e. The lowest BCUT2D eigenvalue weighted by atomic mass is 9.87. The summed E-state index contributed by atoms with van der Waals surface area (Å²) in [5.74, 6) is 0. The van der Waals surface area contributed by atoms with Crippen molar-refractivity contribution in [1.82, 2.24) is 0 Å². The predicted octanol–water partition coefficient (Wildman–Crippen LogP) is 9.26. The summed E-state index contributed by atoms with van der Waals surface area (Å²) in [7, 11) is 0. The van der Waals surface area contributed by atoms with Crippen molar-refractivity contribution in [2.24, 2.45) is 0 Å². The number of hydrogen-bond acceptors (Lipinski definition) is 1. The second-order valence-electron chi connectivity index (χ2n) is 10.6. The Balaban J connectivity index is 0.00000368. The molecule has 0 spiro atoms. The molecule has 222 valence electrons. The first-order valence-electron chi connectivity index (χ1n) is 14.4. The molecule has 43 heavy (non-hydrogen) atoms. The van der Waals surface area contributed by atoms with Gasteiger partial charge in [-0.05, 0) is 58.7 Å². The van der Waals surface area contributed by atoms with Crippen LogP contribution in [0, 0.1) is 0 Å². The van der Waals surface area contributed by atoms with E-state index in [1.807, 2.05) is 48.5 Å². The number of aromatic nitrogens is 1. The SMILES string of the molecule is CCCCN1c2cccc(Cl)c2C(=C(Br)c2c3c(Cl)cccc3[n+](CCCC)c3cccc(Cl)c23)c2c(Cl)cccc21.[Br-]. The number of benzene rings is 4. The van der Waals surface area contributed by atoms with Gasteiger partial charge >= 0.3 is 0 Å². The Morgan fingerprint density at radius 1 is 0.674 bits per heavy atom. The first kappa shape index (κ1) is 32.6. The maximum atomic E-state index is 7.09. The molecule has 5 aromatic rings. The Morgan fingerprint density at radius 2 is 1.14 bits per heavy atom. The highest BCUT2D eigenvalue weighted by Gasteiger charge is 2.34. The highest BCUT2D eigenvalue weighted by Crippen LogP contribution is 2.55. The molecule has 0 saturated heterocycles. The van der Waals surface area contributed by atoms with Crippen molar-refractivity contribution in [2.45, 2.75) is 46.1 Å². The second kappa shape index (κ2) is 13.7. The molecule has 0 unspecified atom stereocenters. The fraction of sp³-hybridized carbons (Fsp3) is 0.229. The van der Waals surface area contributed by atoms with Crippen molar-refractivity contribution in [3.63, 3.8) is 0 Å². The van der Waals surface area contributed by atoms with Crippen LogP contribution in [0.25, 0.3) is 31.9 Å². The van der Waals surface area contributed by atoms with Crippen LogP contribution >= 0.6 is 62.3 Å². The van der Waals surface area contributed by atoms with Gasteiger partial charge in [0.25, 0.3) is 0 Å². The number of rotatable bonds is 7. The van der Waals surface area contributed by atoms with E-state index >= 15 is 0 Å². The average molecular weight is 780 g/mol. The van der Waals surface area contributed by atoms with E-state index < -0.39 is 0 Å². The molecule has 8 heteroatoms. The summed E-state index contributed by atoms with van der Waals surface area (Å²) in [6, 6.07) is 24.4. The highest BCUT2D eigenvalue weighted by atomic mass is 79.9. The Hall–Kier alpha value is -1.79. The summed E-state index contributed by atoms with van der Waals surface area (Å²) in [5, 5.41) is 4.51. The number of unbranched alkanes of at least 4 members (excludes halogenated alkanes) is 2. The van der Waals surface area contributed by atoms with Gasteiger partial charge in [0.15, 0.2) is 0 Å². The Bertz CT molecular complexity index is 1770. The first-order valence-corrected chi connectivity index (χ1v) is 16.7. The lowest BCUT2D eigenvalue weighted by Crippen LogP contribution is -3.00. The van der Waals surface area contributed by atoms with Crippen molar-refractivity contribution in [3.05, 3.63) is 110 Å². The lowest BCUT2D eigenvalue weighted by molar-refractivity contribution is -0.645.